The average molecular weight is 241 g/mol. The van der Waals surface area contributed by atoms with Crippen LogP contribution in [0.4, 0.5) is 0 Å². The van der Waals surface area contributed by atoms with E-state index >= 15 is 0 Å². The Kier molecular flexibility index (Phi) is 4.10. The fourth-order valence-corrected chi connectivity index (χ4v) is 2.62. The van der Waals surface area contributed by atoms with Crippen molar-refractivity contribution in [3.05, 3.63) is 21.9 Å². The molecule has 0 saturated carbocycles. The second-order valence-electron chi connectivity index (χ2n) is 4.60. The van der Waals surface area contributed by atoms with Gasteiger partial charge in [0, 0.05) is 13.6 Å². The molecule has 0 aliphatic rings. The summed E-state index contributed by atoms with van der Waals surface area (Å²) in [5.41, 5.74) is 0.228. The van der Waals surface area contributed by atoms with Crippen LogP contribution in [0.1, 0.15) is 36.0 Å². The van der Waals surface area contributed by atoms with Crippen molar-refractivity contribution >= 4 is 17.2 Å². The normalized spacial score (nSPS) is 11.6. The lowest BCUT2D eigenvalue weighted by molar-refractivity contribution is 0.0370. The SMILES string of the molecule is CCc1ccsc1C(=O)N(C)CC(C)(C)O. The minimum Gasteiger partial charge on any atom is -0.389 e. The molecular weight excluding hydrogens is 222 g/mol. The standard InChI is InChI=1S/C12H19NO2S/c1-5-9-6-7-16-10(9)11(14)13(4)8-12(2,3)15/h6-7,15H,5,8H2,1-4H3. The quantitative estimate of drug-likeness (QED) is 0.877. The van der Waals surface area contributed by atoms with Crippen LogP contribution in [-0.4, -0.2) is 35.1 Å². The molecule has 0 unspecified atom stereocenters. The van der Waals surface area contributed by atoms with Crippen LogP contribution in [0.25, 0.3) is 0 Å². The third-order valence-corrected chi connectivity index (χ3v) is 3.24. The van der Waals surface area contributed by atoms with Gasteiger partial charge in [-0.1, -0.05) is 6.92 Å². The highest BCUT2D eigenvalue weighted by Crippen LogP contribution is 2.19. The van der Waals surface area contributed by atoms with Crippen LogP contribution in [0.3, 0.4) is 0 Å². The molecule has 1 rings (SSSR count). The molecule has 16 heavy (non-hydrogen) atoms. The maximum atomic E-state index is 12.1. The lowest BCUT2D eigenvalue weighted by Gasteiger charge is -2.25. The van der Waals surface area contributed by atoms with Gasteiger partial charge in [-0.05, 0) is 37.3 Å². The summed E-state index contributed by atoms with van der Waals surface area (Å²) in [6.45, 7) is 5.78. The highest BCUT2D eigenvalue weighted by atomic mass is 32.1. The van der Waals surface area contributed by atoms with Crippen molar-refractivity contribution in [1.82, 2.24) is 4.90 Å². The molecule has 0 radical (unpaired) electrons. The lowest BCUT2D eigenvalue weighted by atomic mass is 10.1. The summed E-state index contributed by atoms with van der Waals surface area (Å²) in [5, 5.41) is 11.6. The predicted octanol–water partition coefficient (Wildman–Crippen LogP) is 2.15. The first kappa shape index (κ1) is 13.2. The van der Waals surface area contributed by atoms with Crippen molar-refractivity contribution in [3.8, 4) is 0 Å². The van der Waals surface area contributed by atoms with Crippen molar-refractivity contribution in [2.24, 2.45) is 0 Å². The Labute approximate surface area is 101 Å². The van der Waals surface area contributed by atoms with Crippen LogP contribution >= 0.6 is 11.3 Å². The largest absolute Gasteiger partial charge is 0.389 e. The minimum atomic E-state index is -0.853. The van der Waals surface area contributed by atoms with Gasteiger partial charge in [-0.25, -0.2) is 0 Å². The third-order valence-electron chi connectivity index (χ3n) is 2.29. The second-order valence-corrected chi connectivity index (χ2v) is 5.52. The van der Waals surface area contributed by atoms with E-state index in [9.17, 15) is 9.90 Å². The van der Waals surface area contributed by atoms with Gasteiger partial charge in [-0.2, -0.15) is 0 Å². The molecule has 3 nitrogen and oxygen atoms in total. The molecule has 1 aromatic rings. The van der Waals surface area contributed by atoms with Gasteiger partial charge in [0.2, 0.25) is 0 Å². The highest BCUT2D eigenvalue weighted by molar-refractivity contribution is 7.12. The Morgan fingerprint density at radius 2 is 2.19 bits per heavy atom. The van der Waals surface area contributed by atoms with Gasteiger partial charge in [0.15, 0.2) is 0 Å². The van der Waals surface area contributed by atoms with E-state index in [1.165, 1.54) is 11.3 Å². The topological polar surface area (TPSA) is 40.5 Å². The summed E-state index contributed by atoms with van der Waals surface area (Å²) in [6, 6.07) is 1.98. The van der Waals surface area contributed by atoms with Crippen molar-refractivity contribution in [2.45, 2.75) is 32.8 Å². The van der Waals surface area contributed by atoms with Crippen molar-refractivity contribution in [1.29, 1.82) is 0 Å². The minimum absolute atomic E-state index is 0.00558. The maximum absolute atomic E-state index is 12.1. The van der Waals surface area contributed by atoms with Crippen molar-refractivity contribution < 1.29 is 9.90 Å². The van der Waals surface area contributed by atoms with Crippen LogP contribution in [0.2, 0.25) is 0 Å². The van der Waals surface area contributed by atoms with E-state index in [-0.39, 0.29) is 5.91 Å². The molecule has 0 spiro atoms. The number of amides is 1. The van der Waals surface area contributed by atoms with E-state index in [1.54, 1.807) is 25.8 Å². The number of hydrogen-bond acceptors (Lipinski definition) is 3. The Balaban J connectivity index is 2.78. The monoisotopic (exact) mass is 241 g/mol. The number of rotatable bonds is 4. The molecule has 0 saturated heterocycles. The van der Waals surface area contributed by atoms with E-state index in [0.29, 0.717) is 6.54 Å². The molecule has 90 valence electrons. The molecule has 0 aliphatic carbocycles. The zero-order valence-corrected chi connectivity index (χ0v) is 11.1. The van der Waals surface area contributed by atoms with E-state index in [2.05, 4.69) is 0 Å². The lowest BCUT2D eigenvalue weighted by Crippen LogP contribution is -2.39. The predicted molar refractivity (Wildman–Crippen MR) is 67.0 cm³/mol. The molecule has 1 heterocycles. The van der Waals surface area contributed by atoms with Crippen LogP contribution in [0, 0.1) is 0 Å². The molecule has 1 N–H and O–H groups in total. The Morgan fingerprint density at radius 3 is 2.69 bits per heavy atom. The molecule has 1 aromatic heterocycles. The van der Waals surface area contributed by atoms with Gasteiger partial charge in [0.25, 0.3) is 5.91 Å². The average Bonchev–Trinajstić information content (AvgIpc) is 2.61. The fourth-order valence-electron chi connectivity index (χ4n) is 1.63. The number of likely N-dealkylation sites (N-methyl/N-ethyl adjacent to an activating group) is 1. The van der Waals surface area contributed by atoms with Gasteiger partial charge in [0.05, 0.1) is 10.5 Å². The Morgan fingerprint density at radius 1 is 1.56 bits per heavy atom. The molecule has 1 amide bonds. The van der Waals surface area contributed by atoms with Crippen LogP contribution < -0.4 is 0 Å². The second kappa shape index (κ2) is 4.97. The molecule has 0 bridgehead atoms. The summed E-state index contributed by atoms with van der Waals surface area (Å²) in [6.07, 6.45) is 0.862. The first-order valence-electron chi connectivity index (χ1n) is 5.39. The van der Waals surface area contributed by atoms with Gasteiger partial charge < -0.3 is 10.0 Å². The van der Waals surface area contributed by atoms with E-state index in [4.69, 9.17) is 0 Å². The number of carbonyl (C=O) groups excluding carboxylic acids is 1. The van der Waals surface area contributed by atoms with Gasteiger partial charge >= 0.3 is 0 Å². The van der Waals surface area contributed by atoms with Crippen LogP contribution in [0.5, 0.6) is 0 Å². The maximum Gasteiger partial charge on any atom is 0.264 e. The molecule has 4 heteroatoms. The molecule has 0 fully saturated rings. The molecular formula is C12H19NO2S. The number of thiophene rings is 1. The first-order chi connectivity index (χ1) is 7.35. The summed E-state index contributed by atoms with van der Waals surface area (Å²) < 4.78 is 0. The molecule has 0 aromatic carbocycles. The summed E-state index contributed by atoms with van der Waals surface area (Å²) >= 11 is 1.46. The molecule has 0 aliphatic heterocycles. The number of nitrogens with zero attached hydrogens (tertiary/aromatic N) is 1. The van der Waals surface area contributed by atoms with Gasteiger partial charge in [0.1, 0.15) is 0 Å². The third kappa shape index (κ3) is 3.32. The van der Waals surface area contributed by atoms with Crippen LogP contribution in [-0.2, 0) is 6.42 Å². The van der Waals surface area contributed by atoms with Gasteiger partial charge in [-0.15, -0.1) is 11.3 Å². The fraction of sp³-hybridized carbons (Fsp3) is 0.583. The number of hydrogen-bond donors (Lipinski definition) is 1. The number of carbonyl (C=O) groups is 1. The van der Waals surface area contributed by atoms with Gasteiger partial charge in [-0.3, -0.25) is 4.79 Å². The zero-order chi connectivity index (χ0) is 12.3. The van der Waals surface area contributed by atoms with E-state index in [0.717, 1.165) is 16.9 Å². The Bertz CT molecular complexity index is 365. The highest BCUT2D eigenvalue weighted by Gasteiger charge is 2.22. The van der Waals surface area contributed by atoms with Crippen LogP contribution in [0.15, 0.2) is 11.4 Å². The van der Waals surface area contributed by atoms with E-state index in [1.807, 2.05) is 18.4 Å². The Hall–Kier alpha value is -0.870. The smallest absolute Gasteiger partial charge is 0.264 e. The summed E-state index contributed by atoms with van der Waals surface area (Å²) in [7, 11) is 1.72. The molecule has 0 atom stereocenters. The first-order valence-corrected chi connectivity index (χ1v) is 6.27. The number of aliphatic hydroxyl groups is 1. The number of aryl methyl sites for hydroxylation is 1. The summed E-state index contributed by atoms with van der Waals surface area (Å²) in [5.74, 6) is -0.00558. The summed E-state index contributed by atoms with van der Waals surface area (Å²) in [4.78, 5) is 14.4. The van der Waals surface area contributed by atoms with Crippen molar-refractivity contribution in [2.75, 3.05) is 13.6 Å². The van der Waals surface area contributed by atoms with Crippen molar-refractivity contribution in [3.63, 3.8) is 0 Å². The van der Waals surface area contributed by atoms with E-state index < -0.39 is 5.60 Å². The zero-order valence-electron chi connectivity index (χ0n) is 10.3.